The quantitative estimate of drug-likeness (QED) is 0.381. The molecule has 13 heteroatoms. The Morgan fingerprint density at radius 2 is 0.538 bits per heavy atom. The first-order valence-corrected chi connectivity index (χ1v) is 4.90. The molecule has 0 aliphatic heterocycles. The van der Waals surface area contributed by atoms with Crippen LogP contribution in [0.1, 0.15) is 0 Å². The minimum absolute atomic E-state index is 0. The molecule has 0 N–H and O–H groups in total. The fraction of sp³-hybridized carbons (Fsp3) is 0. The van der Waals surface area contributed by atoms with Crippen LogP contribution in [-0.4, -0.2) is 92.8 Å². The first-order chi connectivity index (χ1) is 4.00. The molecular formula is AlBBaO8Si2. The Hall–Kier alpha value is 2.28. The maximum Gasteiger partial charge on any atom is 3.00 e. The molecule has 0 rings (SSSR count). The van der Waals surface area contributed by atoms with Gasteiger partial charge in [-0.1, -0.05) is 0 Å². The van der Waals surface area contributed by atoms with Crippen molar-refractivity contribution < 1.29 is 38.4 Å². The predicted octanol–water partition coefficient (Wildman–Crippen LogP) is -11.4. The van der Waals surface area contributed by atoms with Gasteiger partial charge in [0.1, 0.15) is 0 Å². The van der Waals surface area contributed by atoms with Crippen molar-refractivity contribution in [2.45, 2.75) is 0 Å². The van der Waals surface area contributed by atoms with Gasteiger partial charge in [0.2, 0.25) is 0 Å². The minimum atomic E-state index is -5.61. The summed E-state index contributed by atoms with van der Waals surface area (Å²) in [7, 11) is -11.2. The molecule has 0 heterocycles. The maximum absolute atomic E-state index is 8.58. The van der Waals surface area contributed by atoms with Crippen LogP contribution in [-0.2, 0) is 0 Å². The largest absolute Gasteiger partial charge is 3.00 e. The topological polar surface area (TPSA) is 184 Å². The van der Waals surface area contributed by atoms with Gasteiger partial charge >= 0.3 is 74.7 Å². The zero-order chi connectivity index (χ0) is 9.00. The van der Waals surface area contributed by atoms with Crippen LogP contribution in [0.3, 0.4) is 0 Å². The molecule has 0 aromatic carbocycles. The smallest absolute Gasteiger partial charge is 0.894 e. The summed E-state index contributed by atoms with van der Waals surface area (Å²) in [6, 6.07) is 0. The molecule has 13 heavy (non-hydrogen) atoms. The van der Waals surface area contributed by atoms with Crippen LogP contribution in [0.2, 0.25) is 0 Å². The molecule has 0 atom stereocenters. The molecule has 0 radical (unpaired) electrons. The minimum Gasteiger partial charge on any atom is -0.894 e. The molecule has 0 aliphatic carbocycles. The van der Waals surface area contributed by atoms with Gasteiger partial charge in [-0.3, -0.25) is 0 Å². The Morgan fingerprint density at radius 1 is 0.538 bits per heavy atom. The van der Waals surface area contributed by atoms with Crippen molar-refractivity contribution in [3.05, 3.63) is 0 Å². The third kappa shape index (κ3) is 414. The summed E-state index contributed by atoms with van der Waals surface area (Å²) in [5.74, 6) is 0. The summed E-state index contributed by atoms with van der Waals surface area (Å²) in [4.78, 5) is 68.6. The number of hydrogen-bond donors (Lipinski definition) is 0. The van der Waals surface area contributed by atoms with Crippen molar-refractivity contribution in [3.63, 3.8) is 0 Å². The van der Waals surface area contributed by atoms with Gasteiger partial charge in [0.25, 0.3) is 0 Å². The van der Waals surface area contributed by atoms with E-state index >= 15 is 0 Å². The van der Waals surface area contributed by atoms with Crippen molar-refractivity contribution in [2.24, 2.45) is 0 Å². The van der Waals surface area contributed by atoms with Gasteiger partial charge in [-0.05, 0) is 0 Å². The van der Waals surface area contributed by atoms with Gasteiger partial charge in [-0.2, -0.15) is 0 Å². The summed E-state index contributed by atoms with van der Waals surface area (Å²) in [6.45, 7) is 0. The van der Waals surface area contributed by atoms with E-state index in [9.17, 15) is 0 Å². The first-order valence-electron chi connectivity index (χ1n) is 1.63. The van der Waals surface area contributed by atoms with Crippen molar-refractivity contribution in [3.8, 4) is 0 Å². The first kappa shape index (κ1) is 29.5. The Kier molecular flexibility index (Phi) is 28.0. The summed E-state index contributed by atoms with van der Waals surface area (Å²) in [5, 5.41) is 0. The van der Waals surface area contributed by atoms with E-state index in [0.29, 0.717) is 0 Å². The van der Waals surface area contributed by atoms with E-state index in [1.54, 1.807) is 0 Å². The Bertz CT molecular complexity index is 65.1. The molecule has 0 unspecified atom stereocenters. The summed E-state index contributed by atoms with van der Waals surface area (Å²) in [5.41, 5.74) is 0. The average Bonchev–Trinajstić information content (AvgIpc) is 1.12. The van der Waals surface area contributed by atoms with Crippen LogP contribution in [0.5, 0.6) is 0 Å². The summed E-state index contributed by atoms with van der Waals surface area (Å²) in [6.07, 6.45) is 0. The van der Waals surface area contributed by atoms with Gasteiger partial charge in [0.15, 0.2) is 0 Å². The van der Waals surface area contributed by atoms with Crippen LogP contribution in [0.25, 0.3) is 0 Å². The number of hydrogen-bond acceptors (Lipinski definition) is 8. The van der Waals surface area contributed by atoms with Crippen LogP contribution >= 0.6 is 0 Å². The molecule has 0 fully saturated rings. The van der Waals surface area contributed by atoms with Gasteiger partial charge in [0.05, 0.1) is 0 Å². The molecular weight excluding hydrogens is 359 g/mol. The van der Waals surface area contributed by atoms with E-state index in [2.05, 4.69) is 0 Å². The van der Waals surface area contributed by atoms with Crippen LogP contribution < -0.4 is 38.4 Å². The van der Waals surface area contributed by atoms with Crippen molar-refractivity contribution >= 4 is 92.8 Å². The third-order valence-electron chi connectivity index (χ3n) is 0. The fourth-order valence-electron chi connectivity index (χ4n) is 0. The third-order valence-corrected chi connectivity index (χ3v) is 0. The molecule has 0 saturated heterocycles. The SMILES string of the molecule is [Al+3].[B+3].[Ba+2].[O-][Si]([O-])([O-])[O-].[O-][Si]([O-])([O-])[O-]. The normalized spacial score (nSPS) is 9.23. The zero-order valence-electron chi connectivity index (χ0n) is 6.13. The molecule has 0 aromatic heterocycles. The second-order valence-corrected chi connectivity index (χ2v) is 3.00. The molecule has 64 valence electrons. The predicted molar refractivity (Wildman–Crippen MR) is 28.8 cm³/mol. The van der Waals surface area contributed by atoms with Gasteiger partial charge < -0.3 is 56.5 Å². The van der Waals surface area contributed by atoms with E-state index < -0.39 is 18.1 Å². The average molecular weight is 359 g/mol. The van der Waals surface area contributed by atoms with E-state index in [1.165, 1.54) is 0 Å². The van der Waals surface area contributed by atoms with E-state index in [-0.39, 0.29) is 74.7 Å². The van der Waals surface area contributed by atoms with E-state index in [1.807, 2.05) is 0 Å². The summed E-state index contributed by atoms with van der Waals surface area (Å²) >= 11 is 0. The molecule has 8 nitrogen and oxygen atoms in total. The number of rotatable bonds is 0. The Morgan fingerprint density at radius 3 is 0.538 bits per heavy atom. The monoisotopic (exact) mass is 360 g/mol. The van der Waals surface area contributed by atoms with E-state index in [4.69, 9.17) is 38.4 Å². The van der Waals surface area contributed by atoms with Crippen LogP contribution in [0, 0.1) is 0 Å². The Labute approximate surface area is 129 Å². The molecule has 0 spiro atoms. The fourth-order valence-corrected chi connectivity index (χ4v) is 0. The Balaban J connectivity index is -0.0000000267. The second-order valence-electron chi connectivity index (χ2n) is 1.00. The van der Waals surface area contributed by atoms with Gasteiger partial charge in [-0.25, -0.2) is 0 Å². The summed E-state index contributed by atoms with van der Waals surface area (Å²) < 4.78 is 0. The molecule has 0 bridgehead atoms. The molecule has 0 aromatic rings. The van der Waals surface area contributed by atoms with Crippen molar-refractivity contribution in [1.82, 2.24) is 0 Å². The van der Waals surface area contributed by atoms with Crippen LogP contribution in [0.15, 0.2) is 0 Å². The molecule has 0 amide bonds. The molecule has 0 saturated carbocycles. The van der Waals surface area contributed by atoms with Crippen molar-refractivity contribution in [2.75, 3.05) is 0 Å². The van der Waals surface area contributed by atoms with E-state index in [0.717, 1.165) is 0 Å². The standard InChI is InChI=1S/Al.B.Ba.2O4Si/c;;;2*1-5(2,3)4/q2*+3;+2;2*-4. The van der Waals surface area contributed by atoms with Gasteiger partial charge in [-0.15, -0.1) is 0 Å². The zero-order valence-corrected chi connectivity index (χ0v) is 13.7. The van der Waals surface area contributed by atoms with Crippen molar-refractivity contribution in [1.29, 1.82) is 0 Å². The van der Waals surface area contributed by atoms with Crippen LogP contribution in [0.4, 0.5) is 0 Å². The van der Waals surface area contributed by atoms with Gasteiger partial charge in [0, 0.05) is 0 Å². The second kappa shape index (κ2) is 12.4. The molecule has 0 aliphatic rings. The maximum atomic E-state index is 8.58.